The summed E-state index contributed by atoms with van der Waals surface area (Å²) in [6, 6.07) is 16.7. The number of aromatic nitrogens is 1. The van der Waals surface area contributed by atoms with E-state index in [1.54, 1.807) is 12.1 Å². The fourth-order valence-electron chi connectivity index (χ4n) is 2.13. The highest BCUT2D eigenvalue weighted by atomic mass is 32.1. The van der Waals surface area contributed by atoms with Gasteiger partial charge in [0.05, 0.1) is 11.3 Å². The molecule has 126 valence electrons. The predicted molar refractivity (Wildman–Crippen MR) is 97.6 cm³/mol. The fourth-order valence-corrected chi connectivity index (χ4v) is 2.87. The molecule has 0 radical (unpaired) electrons. The minimum atomic E-state index is -0.528. The number of nitrogens with one attached hydrogen (secondary N) is 1. The van der Waals surface area contributed by atoms with Crippen molar-refractivity contribution in [3.05, 3.63) is 71.1 Å². The Morgan fingerprint density at radius 1 is 1.08 bits per heavy atom. The molecule has 1 aromatic heterocycles. The predicted octanol–water partition coefficient (Wildman–Crippen LogP) is 3.91. The molecule has 0 aliphatic rings. The van der Waals surface area contributed by atoms with Crippen molar-refractivity contribution in [2.75, 3.05) is 11.9 Å². The van der Waals surface area contributed by atoms with Crippen LogP contribution in [-0.2, 0) is 9.53 Å². The van der Waals surface area contributed by atoms with Crippen LogP contribution in [0.3, 0.4) is 0 Å². The highest BCUT2D eigenvalue weighted by molar-refractivity contribution is 7.14. The average molecular weight is 352 g/mol. The number of hydrogen-bond acceptors (Lipinski definition) is 5. The van der Waals surface area contributed by atoms with Gasteiger partial charge in [0.15, 0.2) is 11.7 Å². The largest absolute Gasteiger partial charge is 0.452 e. The van der Waals surface area contributed by atoms with Gasteiger partial charge in [-0.05, 0) is 19.1 Å². The van der Waals surface area contributed by atoms with Gasteiger partial charge in [-0.3, -0.25) is 10.1 Å². The first-order valence-electron chi connectivity index (χ1n) is 7.66. The summed E-state index contributed by atoms with van der Waals surface area (Å²) in [5, 5.41) is 4.97. The quantitative estimate of drug-likeness (QED) is 0.707. The molecule has 0 fully saturated rings. The van der Waals surface area contributed by atoms with Crippen LogP contribution >= 0.6 is 11.3 Å². The molecule has 0 saturated carbocycles. The minimum Gasteiger partial charge on any atom is -0.452 e. The minimum absolute atomic E-state index is 0.354. The Kier molecular flexibility index (Phi) is 5.20. The van der Waals surface area contributed by atoms with Crippen molar-refractivity contribution in [3.8, 4) is 11.3 Å². The van der Waals surface area contributed by atoms with E-state index >= 15 is 0 Å². The number of benzene rings is 2. The summed E-state index contributed by atoms with van der Waals surface area (Å²) in [6.45, 7) is 1.58. The van der Waals surface area contributed by atoms with Gasteiger partial charge in [-0.15, -0.1) is 11.3 Å². The first-order chi connectivity index (χ1) is 12.1. The molecule has 3 aromatic rings. The van der Waals surface area contributed by atoms with Gasteiger partial charge >= 0.3 is 5.97 Å². The van der Waals surface area contributed by atoms with Gasteiger partial charge in [-0.25, -0.2) is 9.78 Å². The molecule has 0 aliphatic carbocycles. The molecular weight excluding hydrogens is 336 g/mol. The van der Waals surface area contributed by atoms with E-state index in [2.05, 4.69) is 10.3 Å². The Hall–Kier alpha value is -2.99. The van der Waals surface area contributed by atoms with E-state index in [4.69, 9.17) is 4.74 Å². The van der Waals surface area contributed by atoms with Gasteiger partial charge in [0.25, 0.3) is 5.91 Å². The van der Waals surface area contributed by atoms with E-state index in [1.165, 1.54) is 11.3 Å². The number of rotatable bonds is 5. The molecule has 0 bridgehead atoms. The first kappa shape index (κ1) is 16.9. The Morgan fingerprint density at radius 2 is 1.80 bits per heavy atom. The number of nitrogens with zero attached hydrogens (tertiary/aromatic N) is 1. The number of carbonyl (C=O) groups is 2. The molecule has 3 rings (SSSR count). The van der Waals surface area contributed by atoms with E-state index < -0.39 is 11.9 Å². The molecule has 1 heterocycles. The maximum atomic E-state index is 11.9. The molecule has 1 N–H and O–H groups in total. The van der Waals surface area contributed by atoms with Crippen molar-refractivity contribution in [3.63, 3.8) is 0 Å². The zero-order valence-corrected chi connectivity index (χ0v) is 14.4. The van der Waals surface area contributed by atoms with Crippen LogP contribution in [0.25, 0.3) is 11.3 Å². The number of amides is 1. The Balaban J connectivity index is 1.54. The highest BCUT2D eigenvalue weighted by Gasteiger charge is 2.12. The second-order valence-corrected chi connectivity index (χ2v) is 6.25. The molecule has 6 heteroatoms. The lowest BCUT2D eigenvalue weighted by molar-refractivity contribution is -0.119. The van der Waals surface area contributed by atoms with Crippen molar-refractivity contribution < 1.29 is 14.3 Å². The monoisotopic (exact) mass is 352 g/mol. The third kappa shape index (κ3) is 4.51. The average Bonchev–Trinajstić information content (AvgIpc) is 3.09. The smallest absolute Gasteiger partial charge is 0.338 e. The standard InChI is InChI=1S/C19H16N2O3S/c1-13-7-9-15(10-8-13)18(23)24-11-17(22)21-19-20-16(12-25-19)14-5-3-2-4-6-14/h2-10,12H,11H2,1H3,(H,20,21,22). The zero-order chi connectivity index (χ0) is 17.6. The van der Waals surface area contributed by atoms with E-state index in [9.17, 15) is 9.59 Å². The van der Waals surface area contributed by atoms with Crippen LogP contribution in [0, 0.1) is 6.92 Å². The lowest BCUT2D eigenvalue weighted by Crippen LogP contribution is -2.20. The van der Waals surface area contributed by atoms with Crippen LogP contribution in [0.1, 0.15) is 15.9 Å². The Bertz CT molecular complexity index is 873. The number of thiazole rings is 1. The van der Waals surface area contributed by atoms with Crippen LogP contribution in [0.4, 0.5) is 5.13 Å². The molecule has 5 nitrogen and oxygen atoms in total. The summed E-state index contributed by atoms with van der Waals surface area (Å²) in [5.74, 6) is -0.950. The number of hydrogen-bond donors (Lipinski definition) is 1. The molecular formula is C19H16N2O3S. The fraction of sp³-hybridized carbons (Fsp3) is 0.105. The second-order valence-electron chi connectivity index (χ2n) is 5.39. The molecule has 0 unspecified atom stereocenters. The molecule has 25 heavy (non-hydrogen) atoms. The lowest BCUT2D eigenvalue weighted by Gasteiger charge is -2.05. The van der Waals surface area contributed by atoms with Crippen LogP contribution in [0.15, 0.2) is 60.0 Å². The van der Waals surface area contributed by atoms with Gasteiger partial charge in [0, 0.05) is 10.9 Å². The second kappa shape index (κ2) is 7.72. The normalized spacial score (nSPS) is 10.3. The molecule has 1 amide bonds. The van der Waals surface area contributed by atoms with Crippen molar-refractivity contribution in [2.45, 2.75) is 6.92 Å². The summed E-state index contributed by atoms with van der Waals surface area (Å²) < 4.78 is 5.02. The van der Waals surface area contributed by atoms with Gasteiger partial charge < -0.3 is 4.74 Å². The van der Waals surface area contributed by atoms with Crippen LogP contribution < -0.4 is 5.32 Å². The Labute approximate surface area is 149 Å². The van der Waals surface area contributed by atoms with E-state index in [0.717, 1.165) is 16.8 Å². The molecule has 0 spiro atoms. The zero-order valence-electron chi connectivity index (χ0n) is 13.6. The van der Waals surface area contributed by atoms with Gasteiger partial charge in [-0.2, -0.15) is 0 Å². The van der Waals surface area contributed by atoms with Crippen molar-refractivity contribution >= 4 is 28.3 Å². The summed E-state index contributed by atoms with van der Waals surface area (Å²) in [7, 11) is 0. The molecule has 2 aromatic carbocycles. The number of aryl methyl sites for hydroxylation is 1. The maximum absolute atomic E-state index is 11.9. The number of anilines is 1. The number of carbonyl (C=O) groups excluding carboxylic acids is 2. The van der Waals surface area contributed by atoms with Crippen molar-refractivity contribution in [1.29, 1.82) is 0 Å². The van der Waals surface area contributed by atoms with E-state index in [0.29, 0.717) is 10.7 Å². The topological polar surface area (TPSA) is 68.3 Å². The van der Waals surface area contributed by atoms with Gasteiger partial charge in [0.2, 0.25) is 0 Å². The lowest BCUT2D eigenvalue weighted by atomic mass is 10.1. The Morgan fingerprint density at radius 3 is 2.52 bits per heavy atom. The van der Waals surface area contributed by atoms with E-state index in [1.807, 2.05) is 54.8 Å². The van der Waals surface area contributed by atoms with Crippen LogP contribution in [0.5, 0.6) is 0 Å². The molecule has 0 atom stereocenters. The van der Waals surface area contributed by atoms with E-state index in [-0.39, 0.29) is 6.61 Å². The first-order valence-corrected chi connectivity index (χ1v) is 8.54. The third-order valence-electron chi connectivity index (χ3n) is 3.44. The summed E-state index contributed by atoms with van der Waals surface area (Å²) in [5.41, 5.74) is 3.23. The highest BCUT2D eigenvalue weighted by Crippen LogP contribution is 2.24. The van der Waals surface area contributed by atoms with Crippen molar-refractivity contribution in [2.24, 2.45) is 0 Å². The number of esters is 1. The number of ether oxygens (including phenoxy) is 1. The summed E-state index contributed by atoms with van der Waals surface area (Å²) >= 11 is 1.32. The van der Waals surface area contributed by atoms with Crippen LogP contribution in [0.2, 0.25) is 0 Å². The molecule has 0 saturated heterocycles. The third-order valence-corrected chi connectivity index (χ3v) is 4.20. The summed E-state index contributed by atoms with van der Waals surface area (Å²) in [6.07, 6.45) is 0. The van der Waals surface area contributed by atoms with Gasteiger partial charge in [-0.1, -0.05) is 48.0 Å². The van der Waals surface area contributed by atoms with Crippen molar-refractivity contribution in [1.82, 2.24) is 4.98 Å². The maximum Gasteiger partial charge on any atom is 0.338 e. The molecule has 0 aliphatic heterocycles. The van der Waals surface area contributed by atoms with Crippen LogP contribution in [-0.4, -0.2) is 23.5 Å². The SMILES string of the molecule is Cc1ccc(C(=O)OCC(=O)Nc2nc(-c3ccccc3)cs2)cc1. The van der Waals surface area contributed by atoms with Gasteiger partial charge in [0.1, 0.15) is 0 Å². The summed E-state index contributed by atoms with van der Waals surface area (Å²) in [4.78, 5) is 28.2.